The average Bonchev–Trinajstić information content (AvgIpc) is 2.77. The van der Waals surface area contributed by atoms with Crippen LogP contribution >= 0.6 is 0 Å². The van der Waals surface area contributed by atoms with E-state index in [1.165, 1.54) is 18.0 Å². The second-order valence-electron chi connectivity index (χ2n) is 4.80. The molecule has 1 N–H and O–H groups in total. The van der Waals surface area contributed by atoms with Crippen molar-refractivity contribution in [2.45, 2.75) is 46.2 Å². The quantitative estimate of drug-likeness (QED) is 0.853. The van der Waals surface area contributed by atoms with Gasteiger partial charge in [0.25, 0.3) is 0 Å². The topological polar surface area (TPSA) is 75.4 Å². The number of carboxylic acids is 1. The molecule has 1 unspecified atom stereocenters. The summed E-state index contributed by atoms with van der Waals surface area (Å²) in [7, 11) is 0. The number of hydrogen-bond donors (Lipinski definition) is 1. The van der Waals surface area contributed by atoms with Gasteiger partial charge in [-0.25, -0.2) is 4.79 Å². The van der Waals surface area contributed by atoms with Crippen LogP contribution in [0, 0.1) is 0 Å². The van der Waals surface area contributed by atoms with E-state index in [0.717, 1.165) is 0 Å². The number of hydrogen-bond acceptors (Lipinski definition) is 3. The van der Waals surface area contributed by atoms with Gasteiger partial charge in [-0.05, 0) is 20.3 Å². The van der Waals surface area contributed by atoms with Crippen molar-refractivity contribution in [1.29, 1.82) is 0 Å². The van der Waals surface area contributed by atoms with Gasteiger partial charge in [-0.3, -0.25) is 9.48 Å². The summed E-state index contributed by atoms with van der Waals surface area (Å²) in [5, 5.41) is 13.5. The van der Waals surface area contributed by atoms with Crippen LogP contribution in [0.1, 0.15) is 51.8 Å². The summed E-state index contributed by atoms with van der Waals surface area (Å²) in [4.78, 5) is 24.5. The first-order chi connectivity index (χ1) is 8.88. The lowest BCUT2D eigenvalue weighted by Gasteiger charge is -2.26. The number of carboxylic acid groups (broad SMARTS) is 1. The number of nitrogens with zero attached hydrogens (tertiary/aromatic N) is 3. The molecule has 0 aromatic carbocycles. The molecule has 0 radical (unpaired) electrons. The van der Waals surface area contributed by atoms with Crippen LogP contribution in [0.5, 0.6) is 0 Å². The summed E-state index contributed by atoms with van der Waals surface area (Å²) >= 11 is 0. The Labute approximate surface area is 113 Å². The van der Waals surface area contributed by atoms with E-state index >= 15 is 0 Å². The minimum Gasteiger partial charge on any atom is -0.479 e. The van der Waals surface area contributed by atoms with Gasteiger partial charge in [0, 0.05) is 31.3 Å². The Morgan fingerprint density at radius 3 is 2.47 bits per heavy atom. The van der Waals surface area contributed by atoms with Crippen LogP contribution in [0.25, 0.3) is 0 Å². The lowest BCUT2D eigenvalue weighted by atomic mass is 10.1. The Morgan fingerprint density at radius 1 is 1.47 bits per heavy atom. The van der Waals surface area contributed by atoms with E-state index in [9.17, 15) is 14.7 Å². The Hall–Kier alpha value is -1.85. The maximum atomic E-state index is 11.6. The number of aliphatic carboxylic acids is 1. The summed E-state index contributed by atoms with van der Waals surface area (Å²) in [5.41, 5.74) is 0.532. The molecule has 1 aromatic rings. The molecule has 1 atom stereocenters. The lowest BCUT2D eigenvalue weighted by molar-refractivity contribution is -0.149. The number of rotatable bonds is 6. The number of aromatic nitrogens is 2. The van der Waals surface area contributed by atoms with Crippen LogP contribution < -0.4 is 0 Å². The molecule has 0 bridgehead atoms. The molecule has 0 spiro atoms. The van der Waals surface area contributed by atoms with Crippen molar-refractivity contribution >= 4 is 11.9 Å². The third-order valence-corrected chi connectivity index (χ3v) is 2.88. The molecule has 0 fully saturated rings. The van der Waals surface area contributed by atoms with Gasteiger partial charge in [-0.2, -0.15) is 5.10 Å². The maximum Gasteiger partial charge on any atom is 0.331 e. The Kier molecular flexibility index (Phi) is 5.09. The van der Waals surface area contributed by atoms with Crippen molar-refractivity contribution in [2.24, 2.45) is 0 Å². The molecule has 19 heavy (non-hydrogen) atoms. The standard InChI is InChI=1S/C13H21N3O3/c1-5-6-15(10(4)17)12(13(18)19)11-7-14-16(8-11)9(2)3/h7-9,12H,5-6H2,1-4H3,(H,18,19). The lowest BCUT2D eigenvalue weighted by Crippen LogP contribution is -2.38. The summed E-state index contributed by atoms with van der Waals surface area (Å²) in [6, 6.07) is -0.815. The van der Waals surface area contributed by atoms with E-state index < -0.39 is 12.0 Å². The molecule has 1 amide bonds. The molecule has 1 aromatic heterocycles. The smallest absolute Gasteiger partial charge is 0.331 e. The van der Waals surface area contributed by atoms with E-state index in [1.54, 1.807) is 10.9 Å². The van der Waals surface area contributed by atoms with Crippen LogP contribution in [0.2, 0.25) is 0 Å². The zero-order valence-corrected chi connectivity index (χ0v) is 11.8. The Morgan fingerprint density at radius 2 is 2.11 bits per heavy atom. The van der Waals surface area contributed by atoms with Crippen LogP contribution in [-0.4, -0.2) is 38.2 Å². The third kappa shape index (κ3) is 3.56. The maximum absolute atomic E-state index is 11.6. The van der Waals surface area contributed by atoms with Crippen molar-refractivity contribution in [2.75, 3.05) is 6.54 Å². The summed E-state index contributed by atoms with van der Waals surface area (Å²) in [6.45, 7) is 7.63. The van der Waals surface area contributed by atoms with Gasteiger partial charge in [0.2, 0.25) is 5.91 Å². The van der Waals surface area contributed by atoms with Crippen molar-refractivity contribution in [3.05, 3.63) is 18.0 Å². The predicted octanol–water partition coefficient (Wildman–Crippen LogP) is 1.85. The molecule has 0 saturated heterocycles. The van der Waals surface area contributed by atoms with E-state index in [-0.39, 0.29) is 11.9 Å². The van der Waals surface area contributed by atoms with Crippen LogP contribution in [0.15, 0.2) is 12.4 Å². The molecule has 0 aliphatic heterocycles. The average molecular weight is 267 g/mol. The van der Waals surface area contributed by atoms with Crippen molar-refractivity contribution in [3.63, 3.8) is 0 Å². The highest BCUT2D eigenvalue weighted by Gasteiger charge is 2.30. The van der Waals surface area contributed by atoms with Gasteiger partial charge >= 0.3 is 5.97 Å². The predicted molar refractivity (Wildman–Crippen MR) is 70.7 cm³/mol. The van der Waals surface area contributed by atoms with Gasteiger partial charge in [-0.1, -0.05) is 6.92 Å². The molecular weight excluding hydrogens is 246 g/mol. The zero-order chi connectivity index (χ0) is 14.6. The molecule has 106 valence electrons. The third-order valence-electron chi connectivity index (χ3n) is 2.88. The van der Waals surface area contributed by atoms with Crippen molar-refractivity contribution < 1.29 is 14.7 Å². The van der Waals surface area contributed by atoms with Crippen molar-refractivity contribution in [1.82, 2.24) is 14.7 Å². The molecule has 1 heterocycles. The highest BCUT2D eigenvalue weighted by molar-refractivity contribution is 5.83. The second kappa shape index (κ2) is 6.36. The number of carbonyl (C=O) groups excluding carboxylic acids is 1. The summed E-state index contributed by atoms with van der Waals surface area (Å²) in [6.07, 6.45) is 3.92. The number of amides is 1. The molecule has 6 heteroatoms. The normalized spacial score (nSPS) is 12.5. The fourth-order valence-electron chi connectivity index (χ4n) is 1.94. The largest absolute Gasteiger partial charge is 0.479 e. The number of carbonyl (C=O) groups is 2. The zero-order valence-electron chi connectivity index (χ0n) is 11.8. The van der Waals surface area contributed by atoms with E-state index in [4.69, 9.17) is 0 Å². The van der Waals surface area contributed by atoms with Gasteiger partial charge < -0.3 is 10.0 Å². The summed E-state index contributed by atoms with van der Waals surface area (Å²) < 4.78 is 1.69. The Bertz CT molecular complexity index is 454. The van der Waals surface area contributed by atoms with E-state index in [1.807, 2.05) is 20.8 Å². The summed E-state index contributed by atoms with van der Waals surface area (Å²) in [5.74, 6) is -1.28. The Balaban J connectivity index is 3.10. The first-order valence-corrected chi connectivity index (χ1v) is 6.42. The minimum absolute atomic E-state index is 0.153. The van der Waals surface area contributed by atoms with Gasteiger partial charge in [0.1, 0.15) is 0 Å². The van der Waals surface area contributed by atoms with Crippen molar-refractivity contribution in [3.8, 4) is 0 Å². The van der Waals surface area contributed by atoms with Gasteiger partial charge in [-0.15, -0.1) is 0 Å². The SMILES string of the molecule is CCCN(C(C)=O)C(C(=O)O)c1cnn(C(C)C)c1. The highest BCUT2D eigenvalue weighted by atomic mass is 16.4. The van der Waals surface area contributed by atoms with Crippen LogP contribution in [-0.2, 0) is 9.59 Å². The fourth-order valence-corrected chi connectivity index (χ4v) is 1.94. The van der Waals surface area contributed by atoms with E-state index in [2.05, 4.69) is 5.10 Å². The van der Waals surface area contributed by atoms with Crippen LogP contribution in [0.4, 0.5) is 0 Å². The molecule has 0 saturated carbocycles. The molecule has 6 nitrogen and oxygen atoms in total. The van der Waals surface area contributed by atoms with Gasteiger partial charge in [0.05, 0.1) is 6.20 Å². The second-order valence-corrected chi connectivity index (χ2v) is 4.80. The first kappa shape index (κ1) is 15.2. The fraction of sp³-hybridized carbons (Fsp3) is 0.615. The van der Waals surface area contributed by atoms with E-state index in [0.29, 0.717) is 18.5 Å². The first-order valence-electron chi connectivity index (χ1n) is 6.42. The van der Waals surface area contributed by atoms with Gasteiger partial charge in [0.15, 0.2) is 6.04 Å². The molecular formula is C13H21N3O3. The van der Waals surface area contributed by atoms with Crippen LogP contribution in [0.3, 0.4) is 0 Å². The highest BCUT2D eigenvalue weighted by Crippen LogP contribution is 2.22. The monoisotopic (exact) mass is 267 g/mol. The minimum atomic E-state index is -1.04. The molecule has 1 rings (SSSR count). The molecule has 0 aliphatic carbocycles. The molecule has 0 aliphatic rings.